The Morgan fingerprint density at radius 2 is 2.04 bits per heavy atom. The SMILES string of the molecule is Cc1ccc(-n2nccn2)c(C(=O)N2CC(F)(F)CC(C)C2CO)n1. The van der Waals surface area contributed by atoms with Crippen molar-refractivity contribution in [3.8, 4) is 5.69 Å². The number of aliphatic hydroxyl groups excluding tert-OH is 1. The molecule has 134 valence electrons. The largest absolute Gasteiger partial charge is 0.394 e. The molecule has 7 nitrogen and oxygen atoms in total. The smallest absolute Gasteiger partial charge is 0.275 e. The average Bonchev–Trinajstić information content (AvgIpc) is 3.07. The van der Waals surface area contributed by atoms with Gasteiger partial charge in [-0.1, -0.05) is 6.92 Å². The topological polar surface area (TPSA) is 84.1 Å². The Balaban J connectivity index is 2.03. The van der Waals surface area contributed by atoms with Crippen LogP contribution in [0, 0.1) is 12.8 Å². The van der Waals surface area contributed by atoms with Crippen molar-refractivity contribution in [2.24, 2.45) is 5.92 Å². The highest BCUT2D eigenvalue weighted by Gasteiger charge is 2.46. The molecule has 0 spiro atoms. The molecular weight excluding hydrogens is 332 g/mol. The molecule has 0 saturated carbocycles. The summed E-state index contributed by atoms with van der Waals surface area (Å²) in [7, 11) is 0. The van der Waals surface area contributed by atoms with E-state index in [1.807, 2.05) is 0 Å². The maximum absolute atomic E-state index is 14.0. The minimum atomic E-state index is -3.01. The van der Waals surface area contributed by atoms with E-state index in [2.05, 4.69) is 15.2 Å². The number of carbonyl (C=O) groups is 1. The second kappa shape index (κ2) is 6.47. The predicted octanol–water partition coefficient (Wildman–Crippen LogP) is 1.45. The van der Waals surface area contributed by atoms with Crippen LogP contribution in [0.1, 0.15) is 29.5 Å². The molecule has 2 aromatic rings. The zero-order valence-electron chi connectivity index (χ0n) is 13.9. The molecule has 2 atom stereocenters. The minimum Gasteiger partial charge on any atom is -0.394 e. The maximum atomic E-state index is 14.0. The molecule has 2 unspecified atom stereocenters. The Kier molecular flexibility index (Phi) is 4.51. The second-order valence-electron chi connectivity index (χ2n) is 6.36. The summed E-state index contributed by atoms with van der Waals surface area (Å²) in [6.07, 6.45) is 2.53. The van der Waals surface area contributed by atoms with Crippen molar-refractivity contribution in [2.45, 2.75) is 32.2 Å². The number of pyridine rings is 1. The van der Waals surface area contributed by atoms with E-state index < -0.39 is 30.3 Å². The molecule has 1 amide bonds. The summed E-state index contributed by atoms with van der Waals surface area (Å²) < 4.78 is 28.0. The first-order chi connectivity index (χ1) is 11.8. The Bertz CT molecular complexity index is 766. The number of likely N-dealkylation sites (tertiary alicyclic amines) is 1. The van der Waals surface area contributed by atoms with Crippen molar-refractivity contribution >= 4 is 5.91 Å². The standard InChI is InChI=1S/C16H19F2N5O2/c1-10-7-16(17,18)9-22(13(10)8-24)15(25)14-12(4-3-11(2)21-14)23-19-5-6-20-23/h3-6,10,13,24H,7-9H2,1-2H3. The lowest BCUT2D eigenvalue weighted by Gasteiger charge is -2.42. The summed E-state index contributed by atoms with van der Waals surface area (Å²) >= 11 is 0. The van der Waals surface area contributed by atoms with Gasteiger partial charge in [0.1, 0.15) is 5.69 Å². The highest BCUT2D eigenvalue weighted by molar-refractivity contribution is 5.96. The quantitative estimate of drug-likeness (QED) is 0.905. The molecule has 1 fully saturated rings. The van der Waals surface area contributed by atoms with Gasteiger partial charge >= 0.3 is 0 Å². The molecule has 0 aromatic carbocycles. The molecule has 3 heterocycles. The highest BCUT2D eigenvalue weighted by atomic mass is 19.3. The number of aromatic nitrogens is 4. The number of piperidine rings is 1. The number of rotatable bonds is 3. The van der Waals surface area contributed by atoms with Gasteiger partial charge in [0.05, 0.1) is 31.6 Å². The van der Waals surface area contributed by atoms with E-state index in [9.17, 15) is 18.7 Å². The fourth-order valence-electron chi connectivity index (χ4n) is 3.19. The molecule has 0 bridgehead atoms. The van der Waals surface area contributed by atoms with E-state index in [-0.39, 0.29) is 18.7 Å². The van der Waals surface area contributed by atoms with Gasteiger partial charge in [-0.2, -0.15) is 10.2 Å². The van der Waals surface area contributed by atoms with Crippen LogP contribution >= 0.6 is 0 Å². The highest BCUT2D eigenvalue weighted by Crippen LogP contribution is 2.35. The number of hydrogen-bond acceptors (Lipinski definition) is 5. The lowest BCUT2D eigenvalue weighted by atomic mass is 9.88. The predicted molar refractivity (Wildman–Crippen MR) is 84.5 cm³/mol. The lowest BCUT2D eigenvalue weighted by molar-refractivity contribution is -0.0992. The fourth-order valence-corrected chi connectivity index (χ4v) is 3.19. The zero-order valence-corrected chi connectivity index (χ0v) is 13.9. The van der Waals surface area contributed by atoms with Crippen LogP contribution in [0.2, 0.25) is 0 Å². The van der Waals surface area contributed by atoms with Crippen molar-refractivity contribution in [1.82, 2.24) is 24.9 Å². The lowest BCUT2D eigenvalue weighted by Crippen LogP contribution is -2.56. The van der Waals surface area contributed by atoms with E-state index >= 15 is 0 Å². The fraction of sp³-hybridized carbons (Fsp3) is 0.500. The molecule has 0 radical (unpaired) electrons. The summed E-state index contributed by atoms with van der Waals surface area (Å²) in [6, 6.07) is 2.62. The van der Waals surface area contributed by atoms with Crippen LogP contribution in [0.5, 0.6) is 0 Å². The Morgan fingerprint density at radius 3 is 2.68 bits per heavy atom. The molecule has 9 heteroatoms. The van der Waals surface area contributed by atoms with Crippen LogP contribution in [0.3, 0.4) is 0 Å². The van der Waals surface area contributed by atoms with E-state index in [1.165, 1.54) is 17.2 Å². The van der Waals surface area contributed by atoms with Crippen LogP contribution in [-0.2, 0) is 0 Å². The number of aliphatic hydroxyl groups is 1. The summed E-state index contributed by atoms with van der Waals surface area (Å²) in [4.78, 5) is 19.5. The summed E-state index contributed by atoms with van der Waals surface area (Å²) in [5.41, 5.74) is 0.856. The first-order valence-electron chi connectivity index (χ1n) is 7.96. The van der Waals surface area contributed by atoms with Crippen LogP contribution in [0.4, 0.5) is 8.78 Å². The number of alkyl halides is 2. The van der Waals surface area contributed by atoms with Gasteiger partial charge in [-0.25, -0.2) is 13.8 Å². The number of aryl methyl sites for hydroxylation is 1. The van der Waals surface area contributed by atoms with Crippen molar-refractivity contribution in [3.63, 3.8) is 0 Å². The molecule has 1 aliphatic heterocycles. The Morgan fingerprint density at radius 1 is 1.36 bits per heavy atom. The van der Waals surface area contributed by atoms with E-state index in [4.69, 9.17) is 0 Å². The maximum Gasteiger partial charge on any atom is 0.275 e. The van der Waals surface area contributed by atoms with E-state index in [1.54, 1.807) is 26.0 Å². The summed E-state index contributed by atoms with van der Waals surface area (Å²) in [5.74, 6) is -4.20. The molecule has 1 saturated heterocycles. The third-order valence-corrected chi connectivity index (χ3v) is 4.38. The van der Waals surface area contributed by atoms with Crippen LogP contribution < -0.4 is 0 Å². The summed E-state index contributed by atoms with van der Waals surface area (Å²) in [6.45, 7) is 2.18. The number of hydrogen-bond donors (Lipinski definition) is 1. The molecular formula is C16H19F2N5O2. The van der Waals surface area contributed by atoms with Gasteiger partial charge in [0.15, 0.2) is 5.69 Å². The molecule has 1 aliphatic rings. The number of nitrogens with zero attached hydrogens (tertiary/aromatic N) is 5. The van der Waals surface area contributed by atoms with Gasteiger partial charge in [0.2, 0.25) is 0 Å². The normalized spacial score (nSPS) is 22.8. The molecule has 25 heavy (non-hydrogen) atoms. The van der Waals surface area contributed by atoms with Crippen LogP contribution in [-0.4, -0.2) is 61.0 Å². The third kappa shape index (κ3) is 3.37. The average molecular weight is 351 g/mol. The van der Waals surface area contributed by atoms with Gasteiger partial charge in [-0.05, 0) is 25.0 Å². The molecule has 3 rings (SSSR count). The van der Waals surface area contributed by atoms with Gasteiger partial charge in [-0.3, -0.25) is 4.79 Å². The summed E-state index contributed by atoms with van der Waals surface area (Å²) in [5, 5.41) is 17.6. The molecule has 1 N–H and O–H groups in total. The number of amides is 1. The van der Waals surface area contributed by atoms with Gasteiger partial charge in [0.25, 0.3) is 11.8 Å². The zero-order chi connectivity index (χ0) is 18.2. The second-order valence-corrected chi connectivity index (χ2v) is 6.36. The molecule has 2 aromatic heterocycles. The van der Waals surface area contributed by atoms with Gasteiger partial charge in [0, 0.05) is 12.1 Å². The number of carbonyl (C=O) groups excluding carboxylic acids is 1. The van der Waals surface area contributed by atoms with Gasteiger partial charge in [-0.15, -0.1) is 4.80 Å². The number of halogens is 2. The Labute approximate surface area is 143 Å². The van der Waals surface area contributed by atoms with Crippen molar-refractivity contribution in [2.75, 3.05) is 13.2 Å². The van der Waals surface area contributed by atoms with Crippen molar-refractivity contribution in [3.05, 3.63) is 35.9 Å². The molecule has 0 aliphatic carbocycles. The third-order valence-electron chi connectivity index (χ3n) is 4.38. The van der Waals surface area contributed by atoms with Gasteiger partial charge < -0.3 is 10.0 Å². The Hall–Kier alpha value is -2.42. The van der Waals surface area contributed by atoms with Crippen molar-refractivity contribution in [1.29, 1.82) is 0 Å². The van der Waals surface area contributed by atoms with Crippen LogP contribution in [0.25, 0.3) is 5.69 Å². The minimum absolute atomic E-state index is 0.0143. The van der Waals surface area contributed by atoms with E-state index in [0.717, 1.165) is 4.90 Å². The van der Waals surface area contributed by atoms with Crippen LogP contribution in [0.15, 0.2) is 24.5 Å². The first-order valence-corrected chi connectivity index (χ1v) is 7.96. The first kappa shape index (κ1) is 17.4. The van der Waals surface area contributed by atoms with Crippen molar-refractivity contribution < 1.29 is 18.7 Å². The monoisotopic (exact) mass is 351 g/mol. The van der Waals surface area contributed by atoms with E-state index in [0.29, 0.717) is 11.4 Å².